The van der Waals surface area contributed by atoms with Gasteiger partial charge < -0.3 is 25.3 Å². The number of fused-ring (bicyclic) bond motifs is 1. The number of carboxylic acid groups (broad SMARTS) is 2. The van der Waals surface area contributed by atoms with Crippen LogP contribution < -0.4 is 5.32 Å². The molecule has 4 rings (SSSR count). The molecule has 1 unspecified atom stereocenters. The topological polar surface area (TPSA) is 174 Å². The van der Waals surface area contributed by atoms with E-state index in [1.54, 1.807) is 49.7 Å². The van der Waals surface area contributed by atoms with Gasteiger partial charge in [0.25, 0.3) is 5.91 Å². The number of alkyl halides is 6. The molecular weight excluding hydrogens is 622 g/mol. The number of hydrogen-bond donors (Lipinski definition) is 3. The molecule has 0 aromatic carbocycles. The van der Waals surface area contributed by atoms with Crippen molar-refractivity contribution in [1.29, 1.82) is 0 Å². The van der Waals surface area contributed by atoms with E-state index in [1.807, 2.05) is 28.5 Å². The van der Waals surface area contributed by atoms with Gasteiger partial charge in [-0.3, -0.25) is 19.1 Å². The first-order valence-electron chi connectivity index (χ1n) is 12.6. The minimum absolute atomic E-state index is 0.0256. The average Bonchev–Trinajstić information content (AvgIpc) is 3.39. The Balaban J connectivity index is 0.000000421. The van der Waals surface area contributed by atoms with E-state index in [9.17, 15) is 35.9 Å². The largest absolute Gasteiger partial charge is 0.490 e. The van der Waals surface area contributed by atoms with Gasteiger partial charge in [0.2, 0.25) is 0 Å². The van der Waals surface area contributed by atoms with E-state index in [4.69, 9.17) is 19.8 Å². The van der Waals surface area contributed by atoms with E-state index in [1.165, 1.54) is 0 Å². The first kappa shape index (κ1) is 36.2. The van der Waals surface area contributed by atoms with Crippen molar-refractivity contribution in [2.24, 2.45) is 0 Å². The van der Waals surface area contributed by atoms with Gasteiger partial charge in [0.1, 0.15) is 0 Å². The summed E-state index contributed by atoms with van der Waals surface area (Å²) in [6.07, 6.45) is -4.99. The Hall–Kier alpha value is -5.01. The molecule has 0 spiro atoms. The van der Waals surface area contributed by atoms with Crippen LogP contribution in [0, 0.1) is 0 Å². The number of likely N-dealkylation sites (N-methyl/N-ethyl adjacent to an activating group) is 1. The zero-order valence-corrected chi connectivity index (χ0v) is 23.9. The van der Waals surface area contributed by atoms with E-state index in [0.717, 1.165) is 12.1 Å². The van der Waals surface area contributed by atoms with Gasteiger partial charge >= 0.3 is 30.3 Å². The predicted octanol–water partition coefficient (Wildman–Crippen LogP) is 2.29. The summed E-state index contributed by atoms with van der Waals surface area (Å²) < 4.78 is 65.3. The van der Waals surface area contributed by atoms with Gasteiger partial charge in [-0.1, -0.05) is 6.07 Å². The summed E-state index contributed by atoms with van der Waals surface area (Å²) in [6, 6.07) is 7.11. The van der Waals surface area contributed by atoms with Crippen LogP contribution in [0.25, 0.3) is 5.65 Å². The Labute approximate surface area is 250 Å². The van der Waals surface area contributed by atoms with Gasteiger partial charge in [-0.15, -0.1) is 10.2 Å². The van der Waals surface area contributed by atoms with E-state index in [2.05, 4.69) is 25.4 Å². The van der Waals surface area contributed by atoms with Crippen LogP contribution in [-0.2, 0) is 16.1 Å². The Kier molecular flexibility index (Phi) is 12.2. The summed E-state index contributed by atoms with van der Waals surface area (Å²) in [5.74, 6) is -5.00. The van der Waals surface area contributed by atoms with E-state index >= 15 is 0 Å². The fraction of sp³-hybridized carbons (Fsp3) is 0.400. The molecule has 1 aliphatic rings. The maximum atomic E-state index is 12.7. The summed E-state index contributed by atoms with van der Waals surface area (Å²) in [5, 5.41) is 25.8. The van der Waals surface area contributed by atoms with Crippen LogP contribution in [0.5, 0.6) is 0 Å². The molecule has 0 saturated carbocycles. The lowest BCUT2D eigenvalue weighted by molar-refractivity contribution is -0.193. The third-order valence-corrected chi connectivity index (χ3v) is 5.95. The maximum absolute atomic E-state index is 12.7. The molecule has 0 bridgehead atoms. The molecule has 246 valence electrons. The monoisotopic (exact) mass is 650 g/mol. The first-order chi connectivity index (χ1) is 20.8. The molecule has 3 aromatic rings. The molecule has 20 heteroatoms. The number of carboxylic acids is 2. The summed E-state index contributed by atoms with van der Waals surface area (Å²) in [7, 11) is 5.50. The zero-order valence-electron chi connectivity index (χ0n) is 23.9. The van der Waals surface area contributed by atoms with Crippen LogP contribution in [0.1, 0.15) is 27.8 Å². The third-order valence-electron chi connectivity index (χ3n) is 5.95. The fourth-order valence-corrected chi connectivity index (χ4v) is 3.67. The lowest BCUT2D eigenvalue weighted by atomic mass is 10.1. The number of urea groups is 1. The van der Waals surface area contributed by atoms with Gasteiger partial charge in [-0.2, -0.15) is 26.3 Å². The van der Waals surface area contributed by atoms with Crippen molar-refractivity contribution in [1.82, 2.24) is 39.6 Å². The van der Waals surface area contributed by atoms with Crippen molar-refractivity contribution in [2.45, 2.75) is 24.9 Å². The van der Waals surface area contributed by atoms with Gasteiger partial charge in [0, 0.05) is 58.9 Å². The molecule has 3 N–H and O–H groups in total. The number of piperazine rings is 1. The Bertz CT molecular complexity index is 1460. The van der Waals surface area contributed by atoms with E-state index in [0.29, 0.717) is 36.7 Å². The zero-order chi connectivity index (χ0) is 34.1. The Morgan fingerprint density at radius 1 is 0.978 bits per heavy atom. The number of aliphatic carboxylic acids is 2. The number of amides is 3. The first-order valence-corrected chi connectivity index (χ1v) is 12.6. The van der Waals surface area contributed by atoms with E-state index < -0.39 is 24.3 Å². The number of pyridine rings is 2. The molecule has 14 nitrogen and oxygen atoms in total. The normalized spacial score (nSPS) is 15.2. The highest BCUT2D eigenvalue weighted by Crippen LogP contribution is 2.24. The molecule has 1 aliphatic heterocycles. The van der Waals surface area contributed by atoms with Gasteiger partial charge in [0.05, 0.1) is 11.6 Å². The van der Waals surface area contributed by atoms with Crippen LogP contribution in [-0.4, -0.2) is 122 Å². The molecule has 45 heavy (non-hydrogen) atoms. The SMILES string of the molecule is CN(C)C(=O)N1CCN(C)C(c2nnc3ccc(C(=O)NCc4cccnc4)cn23)C1.O=C(O)C(F)(F)F.O=C(O)C(F)(F)F. The van der Waals surface area contributed by atoms with Gasteiger partial charge in [0.15, 0.2) is 11.5 Å². The van der Waals surface area contributed by atoms with Crippen molar-refractivity contribution >= 4 is 29.5 Å². The van der Waals surface area contributed by atoms with Crippen LogP contribution in [0.2, 0.25) is 0 Å². The number of aromatic nitrogens is 4. The molecule has 0 radical (unpaired) electrons. The highest BCUT2D eigenvalue weighted by atomic mass is 19.4. The average molecular weight is 651 g/mol. The number of nitrogens with zero attached hydrogens (tertiary/aromatic N) is 7. The lowest BCUT2D eigenvalue weighted by Crippen LogP contribution is -2.52. The van der Waals surface area contributed by atoms with Crippen molar-refractivity contribution in [3.8, 4) is 0 Å². The summed E-state index contributed by atoms with van der Waals surface area (Å²) in [4.78, 5) is 52.6. The second-order valence-corrected chi connectivity index (χ2v) is 9.47. The fourth-order valence-electron chi connectivity index (χ4n) is 3.67. The molecular formula is C25H28F6N8O6. The summed E-state index contributed by atoms with van der Waals surface area (Å²) >= 11 is 0. The number of halogens is 6. The molecule has 3 aromatic heterocycles. The van der Waals surface area contributed by atoms with Gasteiger partial charge in [-0.05, 0) is 30.8 Å². The highest BCUT2D eigenvalue weighted by Gasteiger charge is 2.39. The second-order valence-electron chi connectivity index (χ2n) is 9.47. The van der Waals surface area contributed by atoms with Crippen LogP contribution in [0.15, 0.2) is 42.9 Å². The number of nitrogens with one attached hydrogen (secondary N) is 1. The van der Waals surface area contributed by atoms with E-state index in [-0.39, 0.29) is 18.0 Å². The second kappa shape index (κ2) is 15.1. The van der Waals surface area contributed by atoms with Crippen molar-refractivity contribution in [2.75, 3.05) is 40.8 Å². The van der Waals surface area contributed by atoms with Crippen LogP contribution in [0.3, 0.4) is 0 Å². The Morgan fingerprint density at radius 3 is 2.09 bits per heavy atom. The maximum Gasteiger partial charge on any atom is 0.490 e. The molecule has 1 saturated heterocycles. The van der Waals surface area contributed by atoms with Crippen molar-refractivity contribution in [3.05, 3.63) is 59.8 Å². The highest BCUT2D eigenvalue weighted by molar-refractivity contribution is 5.94. The number of carbonyl (C=O) groups is 4. The number of rotatable bonds is 4. The number of hydrogen-bond acceptors (Lipinski definition) is 8. The standard InChI is InChI=1S/C21H26N8O2.2C2HF3O2/c1-26(2)21(31)28-10-9-27(3)17(14-28)19-25-24-18-7-6-16(13-29(18)19)20(30)23-12-15-5-4-8-22-11-15;2*3-2(4,5)1(6)7/h4-8,11,13,17H,9-10,12,14H2,1-3H3,(H,23,30);2*(H,6,7). The molecule has 1 atom stereocenters. The quantitative estimate of drug-likeness (QED) is 0.356. The van der Waals surface area contributed by atoms with Gasteiger partial charge in [-0.25, -0.2) is 14.4 Å². The number of carbonyl (C=O) groups excluding carboxylic acids is 2. The molecule has 3 amide bonds. The summed E-state index contributed by atoms with van der Waals surface area (Å²) in [5.41, 5.74) is 2.09. The Morgan fingerprint density at radius 2 is 1.58 bits per heavy atom. The lowest BCUT2D eigenvalue weighted by Gasteiger charge is -2.39. The third kappa shape index (κ3) is 10.6. The molecule has 1 fully saturated rings. The summed E-state index contributed by atoms with van der Waals surface area (Å²) in [6.45, 7) is 2.28. The predicted molar refractivity (Wildman–Crippen MR) is 142 cm³/mol. The van der Waals surface area contributed by atoms with Crippen LogP contribution in [0.4, 0.5) is 31.1 Å². The smallest absolute Gasteiger partial charge is 0.475 e. The molecule has 4 heterocycles. The van der Waals surface area contributed by atoms with Crippen molar-refractivity contribution < 1.29 is 55.7 Å². The molecule has 0 aliphatic carbocycles. The minimum atomic E-state index is -5.08. The van der Waals surface area contributed by atoms with Crippen molar-refractivity contribution in [3.63, 3.8) is 0 Å². The van der Waals surface area contributed by atoms with Crippen LogP contribution >= 0.6 is 0 Å². The minimum Gasteiger partial charge on any atom is -0.475 e.